The molecule has 2 unspecified atom stereocenters. The quantitative estimate of drug-likeness (QED) is 0.128. The van der Waals surface area contributed by atoms with Crippen LogP contribution in [-0.2, 0) is 5.41 Å². The van der Waals surface area contributed by atoms with Crippen molar-refractivity contribution in [2.24, 2.45) is 23.2 Å². The molecule has 4 fully saturated rings. The largest absolute Gasteiger partial charge is 0.311 e. The Balaban J connectivity index is 0.818. The Kier molecular flexibility index (Phi) is 8.85. The van der Waals surface area contributed by atoms with E-state index >= 15 is 0 Å². The van der Waals surface area contributed by atoms with E-state index in [-0.39, 0.29) is 0 Å². The number of nitrogens with zero attached hydrogens (tertiary/aromatic N) is 2. The second-order valence-electron chi connectivity index (χ2n) is 19.0. The fraction of sp³-hybridized carbons (Fsp3) is 0.143. The lowest BCUT2D eigenvalue weighted by Gasteiger charge is -2.91. The van der Waals surface area contributed by atoms with E-state index in [1.165, 1.54) is 75.9 Å². The zero-order valence-corrected chi connectivity index (χ0v) is 36.5. The normalized spacial score (nSPS) is 21.9. The van der Waals surface area contributed by atoms with E-state index < -0.39 is 0 Å². The van der Waals surface area contributed by atoms with Gasteiger partial charge in [0.2, 0.25) is 0 Å². The van der Waals surface area contributed by atoms with Crippen molar-refractivity contribution in [1.29, 1.82) is 0 Å². The molecule has 0 N–H and O–H groups in total. The lowest BCUT2D eigenvalue weighted by atomic mass is 9.12. The highest BCUT2D eigenvalue weighted by atomic mass is 15.1. The zero-order valence-electron chi connectivity index (χ0n) is 36.5. The first-order chi connectivity index (χ1) is 32.1. The number of rotatable bonds is 11. The average molecular weight is 835 g/mol. The van der Waals surface area contributed by atoms with Gasteiger partial charge in [0, 0.05) is 39.5 Å². The van der Waals surface area contributed by atoms with E-state index in [9.17, 15) is 0 Å². The molecule has 4 aliphatic carbocycles. The lowest BCUT2D eigenvalue weighted by molar-refractivity contribution is -0.395. The van der Waals surface area contributed by atoms with Crippen LogP contribution in [0.15, 0.2) is 237 Å². The van der Waals surface area contributed by atoms with Gasteiger partial charge in [0.15, 0.2) is 0 Å². The predicted molar refractivity (Wildman–Crippen MR) is 271 cm³/mol. The van der Waals surface area contributed by atoms with Crippen molar-refractivity contribution in [3.05, 3.63) is 242 Å². The van der Waals surface area contributed by atoms with Crippen LogP contribution in [0.1, 0.15) is 31.2 Å². The summed E-state index contributed by atoms with van der Waals surface area (Å²) in [5, 5.41) is 0. The summed E-state index contributed by atoms with van der Waals surface area (Å²) in [5.41, 5.74) is 19.2. The minimum absolute atomic E-state index is 0.453. The predicted octanol–water partition coefficient (Wildman–Crippen LogP) is 17.0. The van der Waals surface area contributed by atoms with Crippen LogP contribution >= 0.6 is 0 Å². The fourth-order valence-electron chi connectivity index (χ4n) is 13.2. The van der Waals surface area contributed by atoms with E-state index in [2.05, 4.69) is 246 Å². The molecule has 65 heavy (non-hydrogen) atoms. The summed E-state index contributed by atoms with van der Waals surface area (Å²) in [6.45, 7) is 0. The first kappa shape index (κ1) is 38.1. The van der Waals surface area contributed by atoms with Gasteiger partial charge in [-0.05, 0) is 172 Å². The molecular formula is C63H50N2. The Morgan fingerprint density at radius 3 is 0.969 bits per heavy atom. The molecule has 2 nitrogen and oxygen atoms in total. The third-order valence-electron chi connectivity index (χ3n) is 16.1. The number of anilines is 6. The monoisotopic (exact) mass is 834 g/mol. The van der Waals surface area contributed by atoms with Crippen LogP contribution in [-0.4, -0.2) is 0 Å². The summed E-state index contributed by atoms with van der Waals surface area (Å²) in [4.78, 5) is 4.79. The molecule has 4 aliphatic rings. The van der Waals surface area contributed by atoms with E-state index in [1.807, 2.05) is 0 Å². The molecule has 9 aromatic rings. The van der Waals surface area contributed by atoms with Crippen molar-refractivity contribution >= 4 is 34.1 Å². The molecule has 2 atom stereocenters. The second kappa shape index (κ2) is 15.1. The zero-order chi connectivity index (χ0) is 43.0. The minimum Gasteiger partial charge on any atom is -0.311 e. The van der Waals surface area contributed by atoms with Crippen molar-refractivity contribution in [2.75, 3.05) is 9.80 Å². The third kappa shape index (κ3) is 6.00. The molecule has 1 spiro atoms. The van der Waals surface area contributed by atoms with Crippen LogP contribution in [0.5, 0.6) is 0 Å². The molecule has 0 aromatic heterocycles. The first-order valence-corrected chi connectivity index (χ1v) is 23.5. The lowest BCUT2D eigenvalue weighted by Crippen LogP contribution is -2.87. The van der Waals surface area contributed by atoms with Gasteiger partial charge in [-0.25, -0.2) is 0 Å². The van der Waals surface area contributed by atoms with Crippen LogP contribution < -0.4 is 9.80 Å². The molecule has 0 heterocycles. The molecule has 0 bridgehead atoms. The summed E-state index contributed by atoms with van der Waals surface area (Å²) in [7, 11) is 0. The molecule has 9 aromatic carbocycles. The van der Waals surface area contributed by atoms with E-state index in [0.717, 1.165) is 46.2 Å². The topological polar surface area (TPSA) is 6.48 Å². The molecule has 0 radical (unpaired) electrons. The van der Waals surface area contributed by atoms with Gasteiger partial charge >= 0.3 is 0 Å². The van der Waals surface area contributed by atoms with E-state index in [0.29, 0.717) is 10.8 Å². The summed E-state index contributed by atoms with van der Waals surface area (Å²) in [5.74, 6) is 3.00. The van der Waals surface area contributed by atoms with Crippen LogP contribution in [0.2, 0.25) is 0 Å². The minimum atomic E-state index is 0.453. The van der Waals surface area contributed by atoms with Gasteiger partial charge in [-0.1, -0.05) is 164 Å². The summed E-state index contributed by atoms with van der Waals surface area (Å²) >= 11 is 0. The molecule has 13 rings (SSSR count). The summed E-state index contributed by atoms with van der Waals surface area (Å²) in [6, 6.07) is 86.7. The van der Waals surface area contributed by atoms with Gasteiger partial charge < -0.3 is 9.80 Å². The second-order valence-corrected chi connectivity index (χ2v) is 19.0. The maximum atomic E-state index is 2.48. The Morgan fingerprint density at radius 2 is 0.600 bits per heavy atom. The average Bonchev–Trinajstić information content (AvgIpc) is 3.35. The maximum absolute atomic E-state index is 2.48. The van der Waals surface area contributed by atoms with Gasteiger partial charge in [-0.15, -0.1) is 0 Å². The maximum Gasteiger partial charge on any atom is 0.0467 e. The van der Waals surface area contributed by atoms with Crippen molar-refractivity contribution in [2.45, 2.75) is 31.1 Å². The van der Waals surface area contributed by atoms with Gasteiger partial charge in [0.1, 0.15) is 0 Å². The van der Waals surface area contributed by atoms with Crippen molar-refractivity contribution in [1.82, 2.24) is 0 Å². The molecule has 0 aliphatic heterocycles. The number of benzene rings is 9. The van der Waals surface area contributed by atoms with Crippen LogP contribution in [0.4, 0.5) is 34.1 Å². The smallest absolute Gasteiger partial charge is 0.0467 e. The van der Waals surface area contributed by atoms with Crippen molar-refractivity contribution < 1.29 is 0 Å². The van der Waals surface area contributed by atoms with Crippen LogP contribution in [0, 0.1) is 23.2 Å². The Labute approximate surface area is 383 Å². The van der Waals surface area contributed by atoms with Gasteiger partial charge in [0.05, 0.1) is 0 Å². The molecule has 2 heteroatoms. The van der Waals surface area contributed by atoms with Crippen LogP contribution in [0.3, 0.4) is 0 Å². The number of hydrogen-bond donors (Lipinski definition) is 0. The molecule has 312 valence electrons. The van der Waals surface area contributed by atoms with Gasteiger partial charge in [-0.2, -0.15) is 0 Å². The van der Waals surface area contributed by atoms with Crippen LogP contribution in [0.25, 0.3) is 44.5 Å². The van der Waals surface area contributed by atoms with E-state index in [1.54, 1.807) is 5.56 Å². The third-order valence-corrected chi connectivity index (χ3v) is 16.1. The first-order valence-electron chi connectivity index (χ1n) is 23.5. The van der Waals surface area contributed by atoms with Crippen molar-refractivity contribution in [3.8, 4) is 44.5 Å². The van der Waals surface area contributed by atoms with Gasteiger partial charge in [0.25, 0.3) is 0 Å². The Morgan fingerprint density at radius 1 is 0.277 bits per heavy atom. The highest BCUT2D eigenvalue weighted by Crippen LogP contribution is 2.92. The number of hydrogen-bond acceptors (Lipinski definition) is 2. The molecule has 4 saturated carbocycles. The SMILES string of the molecule is c1ccc(-c2ccc(N(c3ccc(-c4ccccc4)cc3)c3ccc(-c4ccc(N(c5ccc(C67CC8CC9CC(C6)C987)cc5)c5cccc(-c6ccccc6)c5)cc4)cc3)cc2)cc1. The van der Waals surface area contributed by atoms with Crippen molar-refractivity contribution in [3.63, 3.8) is 0 Å². The summed E-state index contributed by atoms with van der Waals surface area (Å²) in [6.07, 6.45) is 5.81. The Hall–Kier alpha value is -7.42. The highest BCUT2D eigenvalue weighted by Gasteiger charge is 2.87. The van der Waals surface area contributed by atoms with E-state index in [4.69, 9.17) is 0 Å². The Bertz CT molecular complexity index is 3010. The standard InChI is InChI=1S/C63H50N2/c1-4-11-44(12-5-1)47-19-29-56(30-20-47)64(57-31-21-48(22-32-57)45-13-6-2-7-14-45)58-33-23-49(24-34-58)50-25-35-59(36-26-50)65(61-18-10-17-51(39-61)46-15-8-3-9-16-46)60-37-27-52(28-38-60)62-42-54-40-53-41-55(43-62)63(53,54)62/h1-39,53-55H,40-43H2. The van der Waals surface area contributed by atoms with Gasteiger partial charge in [-0.3, -0.25) is 0 Å². The summed E-state index contributed by atoms with van der Waals surface area (Å²) < 4.78 is 0. The fourth-order valence-corrected chi connectivity index (χ4v) is 13.2. The molecular weight excluding hydrogens is 785 g/mol. The molecule has 0 saturated heterocycles. The highest BCUT2D eigenvalue weighted by molar-refractivity contribution is 5.83. The molecule has 0 amide bonds.